The third kappa shape index (κ3) is 3.94. The monoisotopic (exact) mass is 359 g/mol. The van der Waals surface area contributed by atoms with E-state index in [9.17, 15) is 9.59 Å². The summed E-state index contributed by atoms with van der Waals surface area (Å²) in [5, 5.41) is 0. The lowest BCUT2D eigenvalue weighted by molar-refractivity contribution is -0.139. The first-order valence-corrected chi connectivity index (χ1v) is 9.30. The van der Waals surface area contributed by atoms with Crippen LogP contribution in [0.4, 0.5) is 10.5 Å². The molecule has 0 aliphatic carbocycles. The molecule has 1 atom stereocenters. The van der Waals surface area contributed by atoms with Crippen molar-refractivity contribution in [2.75, 3.05) is 25.4 Å². The number of carbonyl (C=O) groups excluding carboxylic acids is 2. The minimum Gasteiger partial charge on any atom is -0.444 e. The van der Waals surface area contributed by atoms with Gasteiger partial charge in [0.15, 0.2) is 0 Å². The fourth-order valence-electron chi connectivity index (χ4n) is 3.95. The molecule has 0 saturated carbocycles. The third-order valence-corrected chi connectivity index (χ3v) is 5.15. The van der Waals surface area contributed by atoms with Crippen molar-refractivity contribution in [1.82, 2.24) is 9.80 Å². The molecule has 2 heterocycles. The molecule has 2 N–H and O–H groups in total. The van der Waals surface area contributed by atoms with E-state index in [0.29, 0.717) is 25.3 Å². The number of carbonyl (C=O) groups is 2. The maximum absolute atomic E-state index is 13.1. The summed E-state index contributed by atoms with van der Waals surface area (Å²) >= 11 is 0. The van der Waals surface area contributed by atoms with Gasteiger partial charge in [0.2, 0.25) is 5.91 Å². The second-order valence-electron chi connectivity index (χ2n) is 8.51. The molecule has 2 aliphatic heterocycles. The highest BCUT2D eigenvalue weighted by Crippen LogP contribution is 2.41. The highest BCUT2D eigenvalue weighted by atomic mass is 16.6. The van der Waals surface area contributed by atoms with Crippen LogP contribution in [-0.4, -0.2) is 47.0 Å². The zero-order valence-corrected chi connectivity index (χ0v) is 16.0. The quantitative estimate of drug-likeness (QED) is 0.824. The molecule has 0 aromatic heterocycles. The molecule has 1 aromatic carbocycles. The lowest BCUT2D eigenvalue weighted by Gasteiger charge is -2.39. The van der Waals surface area contributed by atoms with Gasteiger partial charge in [-0.25, -0.2) is 4.79 Å². The Bertz CT molecular complexity index is 698. The first-order chi connectivity index (χ1) is 12.2. The van der Waals surface area contributed by atoms with E-state index in [2.05, 4.69) is 0 Å². The minimum absolute atomic E-state index is 0.146. The topological polar surface area (TPSA) is 75.9 Å². The van der Waals surface area contributed by atoms with Crippen LogP contribution < -0.4 is 5.73 Å². The van der Waals surface area contributed by atoms with Crippen LogP contribution >= 0.6 is 0 Å². The number of ether oxygens (including phenoxy) is 1. The Morgan fingerprint density at radius 3 is 2.73 bits per heavy atom. The standard InChI is InChI=1S/C20H29N3O3/c1-19(2,3)26-18(25)23-10-5-8-20(14-23)9-11-22(17(20)24)13-15-6-4-7-16(21)12-15/h4,6-7,12H,5,8-11,13-14,21H2,1-3H3. The SMILES string of the molecule is CC(C)(C)OC(=O)N1CCCC2(CCN(Cc3cccc(N)c3)C2=O)C1. The predicted octanol–water partition coefficient (Wildman–Crippen LogP) is 3.02. The van der Waals surface area contributed by atoms with E-state index in [1.807, 2.05) is 49.9 Å². The fourth-order valence-corrected chi connectivity index (χ4v) is 3.95. The number of hydrogen-bond donors (Lipinski definition) is 1. The maximum atomic E-state index is 13.1. The van der Waals surface area contributed by atoms with Crippen molar-refractivity contribution < 1.29 is 14.3 Å². The lowest BCUT2D eigenvalue weighted by Crippen LogP contribution is -2.50. The maximum Gasteiger partial charge on any atom is 0.410 e. The molecular weight excluding hydrogens is 330 g/mol. The van der Waals surface area contributed by atoms with Crippen LogP contribution in [0.2, 0.25) is 0 Å². The van der Waals surface area contributed by atoms with Gasteiger partial charge in [-0.3, -0.25) is 4.79 Å². The molecule has 1 spiro atoms. The Morgan fingerprint density at radius 2 is 2.04 bits per heavy atom. The van der Waals surface area contributed by atoms with E-state index < -0.39 is 11.0 Å². The van der Waals surface area contributed by atoms with Crippen LogP contribution in [0.25, 0.3) is 0 Å². The van der Waals surface area contributed by atoms with Gasteiger partial charge in [-0.15, -0.1) is 0 Å². The fraction of sp³-hybridized carbons (Fsp3) is 0.600. The molecule has 1 aromatic rings. The molecular formula is C20H29N3O3. The Labute approximate surface area is 155 Å². The largest absolute Gasteiger partial charge is 0.444 e. The molecule has 26 heavy (non-hydrogen) atoms. The summed E-state index contributed by atoms with van der Waals surface area (Å²) < 4.78 is 5.50. The Kier molecular flexibility index (Phi) is 4.86. The van der Waals surface area contributed by atoms with Crippen LogP contribution in [0.15, 0.2) is 24.3 Å². The van der Waals surface area contributed by atoms with Gasteiger partial charge < -0.3 is 20.3 Å². The zero-order chi connectivity index (χ0) is 18.9. The summed E-state index contributed by atoms with van der Waals surface area (Å²) in [6, 6.07) is 7.65. The molecule has 6 nitrogen and oxygen atoms in total. The first kappa shape index (κ1) is 18.5. The summed E-state index contributed by atoms with van der Waals surface area (Å²) in [7, 11) is 0. The Hall–Kier alpha value is -2.24. The number of nitrogens with two attached hydrogens (primary N) is 1. The number of piperidine rings is 1. The lowest BCUT2D eigenvalue weighted by atomic mass is 9.78. The molecule has 3 rings (SSSR count). The number of nitrogen functional groups attached to an aromatic ring is 1. The van der Waals surface area contributed by atoms with Crippen molar-refractivity contribution >= 4 is 17.7 Å². The number of nitrogens with zero attached hydrogens (tertiary/aromatic N) is 2. The summed E-state index contributed by atoms with van der Waals surface area (Å²) in [6.07, 6.45) is 2.13. The van der Waals surface area contributed by atoms with Gasteiger partial charge >= 0.3 is 6.09 Å². The van der Waals surface area contributed by atoms with Gasteiger partial charge in [0, 0.05) is 31.9 Å². The molecule has 2 aliphatic rings. The number of amides is 2. The highest BCUT2D eigenvalue weighted by molar-refractivity contribution is 5.86. The van der Waals surface area contributed by atoms with Gasteiger partial charge in [-0.2, -0.15) is 0 Å². The minimum atomic E-state index is -0.527. The van der Waals surface area contributed by atoms with Crippen molar-refractivity contribution in [3.63, 3.8) is 0 Å². The Morgan fingerprint density at radius 1 is 1.27 bits per heavy atom. The average Bonchev–Trinajstić information content (AvgIpc) is 2.83. The molecule has 0 bridgehead atoms. The summed E-state index contributed by atoms with van der Waals surface area (Å²) in [5.41, 5.74) is 6.60. The molecule has 6 heteroatoms. The van der Waals surface area contributed by atoms with Gasteiger partial charge in [0.1, 0.15) is 5.60 Å². The van der Waals surface area contributed by atoms with E-state index in [1.165, 1.54) is 0 Å². The van der Waals surface area contributed by atoms with E-state index in [0.717, 1.165) is 31.4 Å². The van der Waals surface area contributed by atoms with Gasteiger partial charge in [0.05, 0.1) is 5.41 Å². The number of hydrogen-bond acceptors (Lipinski definition) is 4. The van der Waals surface area contributed by atoms with Crippen LogP contribution in [0.3, 0.4) is 0 Å². The van der Waals surface area contributed by atoms with E-state index in [4.69, 9.17) is 10.5 Å². The van der Waals surface area contributed by atoms with Crippen LogP contribution in [0, 0.1) is 5.41 Å². The van der Waals surface area contributed by atoms with Crippen LogP contribution in [-0.2, 0) is 16.1 Å². The van der Waals surface area contributed by atoms with Crippen LogP contribution in [0.5, 0.6) is 0 Å². The highest BCUT2D eigenvalue weighted by Gasteiger charge is 2.49. The normalized spacial score (nSPS) is 23.6. The summed E-state index contributed by atoms with van der Waals surface area (Å²) in [5.74, 6) is 0.146. The van der Waals surface area contributed by atoms with Crippen LogP contribution in [0.1, 0.15) is 45.6 Å². The van der Waals surface area contributed by atoms with Crippen molar-refractivity contribution in [3.05, 3.63) is 29.8 Å². The number of anilines is 1. The molecule has 2 amide bonds. The number of rotatable bonds is 2. The van der Waals surface area contributed by atoms with E-state index in [-0.39, 0.29) is 12.0 Å². The Balaban J connectivity index is 1.68. The van der Waals surface area contributed by atoms with Gasteiger partial charge in [-0.1, -0.05) is 12.1 Å². The zero-order valence-electron chi connectivity index (χ0n) is 16.0. The number of benzene rings is 1. The van der Waals surface area contributed by atoms with Crippen molar-refractivity contribution in [2.24, 2.45) is 5.41 Å². The van der Waals surface area contributed by atoms with E-state index >= 15 is 0 Å². The van der Waals surface area contributed by atoms with E-state index in [1.54, 1.807) is 4.90 Å². The first-order valence-electron chi connectivity index (χ1n) is 9.30. The molecule has 0 radical (unpaired) electrons. The second kappa shape index (κ2) is 6.82. The van der Waals surface area contributed by atoms with Crippen molar-refractivity contribution in [1.29, 1.82) is 0 Å². The number of likely N-dealkylation sites (tertiary alicyclic amines) is 2. The average molecular weight is 359 g/mol. The van der Waals surface area contributed by atoms with Gasteiger partial charge in [0.25, 0.3) is 0 Å². The summed E-state index contributed by atoms with van der Waals surface area (Å²) in [6.45, 7) is 7.97. The third-order valence-electron chi connectivity index (χ3n) is 5.15. The molecule has 142 valence electrons. The predicted molar refractivity (Wildman–Crippen MR) is 100 cm³/mol. The molecule has 2 fully saturated rings. The molecule has 1 unspecified atom stereocenters. The van der Waals surface area contributed by atoms with Crippen molar-refractivity contribution in [2.45, 2.75) is 52.2 Å². The smallest absolute Gasteiger partial charge is 0.410 e. The van der Waals surface area contributed by atoms with Gasteiger partial charge in [-0.05, 0) is 57.7 Å². The summed E-state index contributed by atoms with van der Waals surface area (Å²) in [4.78, 5) is 29.2. The van der Waals surface area contributed by atoms with Crippen molar-refractivity contribution in [3.8, 4) is 0 Å². The second-order valence-corrected chi connectivity index (χ2v) is 8.51. The molecule has 2 saturated heterocycles.